The summed E-state index contributed by atoms with van der Waals surface area (Å²) in [5.74, 6) is 0.398. The van der Waals surface area contributed by atoms with Crippen molar-refractivity contribution in [3.63, 3.8) is 0 Å². The monoisotopic (exact) mass is 438 g/mol. The molecule has 2 aromatic carbocycles. The van der Waals surface area contributed by atoms with E-state index in [1.54, 1.807) is 6.07 Å². The lowest BCUT2D eigenvalue weighted by Gasteiger charge is -2.26. The van der Waals surface area contributed by atoms with Gasteiger partial charge in [0.05, 0.1) is 25.3 Å². The van der Waals surface area contributed by atoms with Gasteiger partial charge >= 0.3 is 0 Å². The van der Waals surface area contributed by atoms with Crippen LogP contribution in [-0.4, -0.2) is 66.8 Å². The number of ether oxygens (including phenoxy) is 2. The number of nitrogens with one attached hydrogen (secondary N) is 1. The molecule has 8 heteroatoms. The number of amides is 1. The van der Waals surface area contributed by atoms with Crippen molar-refractivity contribution in [2.24, 2.45) is 0 Å². The van der Waals surface area contributed by atoms with Gasteiger partial charge in [0, 0.05) is 36.7 Å². The number of carbonyl (C=O) groups excluding carboxylic acids is 1. The second-order valence-corrected chi connectivity index (χ2v) is 7.58. The second kappa shape index (κ2) is 10.5. The van der Waals surface area contributed by atoms with E-state index in [9.17, 15) is 9.18 Å². The van der Waals surface area contributed by atoms with Crippen molar-refractivity contribution in [1.29, 1.82) is 0 Å². The summed E-state index contributed by atoms with van der Waals surface area (Å²) >= 11 is 0. The molecular formula is C24H27FN4O3. The summed E-state index contributed by atoms with van der Waals surface area (Å²) in [5, 5.41) is 3.47. The van der Waals surface area contributed by atoms with Gasteiger partial charge in [0.25, 0.3) is 5.91 Å². The first-order valence-corrected chi connectivity index (χ1v) is 10.9. The van der Waals surface area contributed by atoms with Gasteiger partial charge in [0.1, 0.15) is 17.3 Å². The van der Waals surface area contributed by atoms with Gasteiger partial charge in [-0.2, -0.15) is 0 Å². The Balaban J connectivity index is 1.53. The van der Waals surface area contributed by atoms with Crippen LogP contribution in [0, 0.1) is 5.82 Å². The molecule has 1 aliphatic rings. The Morgan fingerprint density at radius 3 is 2.69 bits per heavy atom. The highest BCUT2D eigenvalue weighted by Crippen LogP contribution is 2.24. The van der Waals surface area contributed by atoms with Crippen LogP contribution in [0.4, 0.5) is 4.39 Å². The Bertz CT molecular complexity index is 1070. The first kappa shape index (κ1) is 22.1. The van der Waals surface area contributed by atoms with Crippen LogP contribution in [0.3, 0.4) is 0 Å². The first-order chi connectivity index (χ1) is 15.6. The quantitative estimate of drug-likeness (QED) is 0.544. The highest BCUT2D eigenvalue weighted by molar-refractivity contribution is 6.04. The zero-order valence-electron chi connectivity index (χ0n) is 18.1. The van der Waals surface area contributed by atoms with Gasteiger partial charge in [-0.15, -0.1) is 0 Å². The SMILES string of the molecule is CCOc1ccc(-c2nc(C(=O)NCCCN3CCOCC3)c3ccc(F)cc3n2)cc1. The Morgan fingerprint density at radius 2 is 1.94 bits per heavy atom. The molecule has 0 unspecified atom stereocenters. The summed E-state index contributed by atoms with van der Waals surface area (Å²) in [7, 11) is 0. The van der Waals surface area contributed by atoms with Gasteiger partial charge in [-0.3, -0.25) is 9.69 Å². The smallest absolute Gasteiger partial charge is 0.270 e. The maximum Gasteiger partial charge on any atom is 0.270 e. The molecule has 0 aliphatic carbocycles. The fourth-order valence-corrected chi connectivity index (χ4v) is 3.68. The van der Waals surface area contributed by atoms with Crippen molar-refractivity contribution in [2.75, 3.05) is 46.0 Å². The molecule has 0 bridgehead atoms. The van der Waals surface area contributed by atoms with Crippen molar-refractivity contribution >= 4 is 16.8 Å². The number of benzene rings is 2. The van der Waals surface area contributed by atoms with E-state index in [0.717, 1.165) is 50.6 Å². The molecule has 1 aromatic heterocycles. The van der Waals surface area contributed by atoms with E-state index in [1.807, 2.05) is 31.2 Å². The number of halogens is 1. The zero-order chi connectivity index (χ0) is 22.3. The van der Waals surface area contributed by atoms with E-state index in [2.05, 4.69) is 20.2 Å². The molecule has 1 N–H and O–H groups in total. The van der Waals surface area contributed by atoms with E-state index in [-0.39, 0.29) is 11.6 Å². The Labute approximate surface area is 186 Å². The summed E-state index contributed by atoms with van der Waals surface area (Å²) < 4.78 is 24.7. The highest BCUT2D eigenvalue weighted by atomic mass is 19.1. The summed E-state index contributed by atoms with van der Waals surface area (Å²) in [6, 6.07) is 11.5. The molecule has 0 radical (unpaired) electrons. The van der Waals surface area contributed by atoms with Crippen molar-refractivity contribution in [3.8, 4) is 17.1 Å². The van der Waals surface area contributed by atoms with Crippen LogP contribution in [0.5, 0.6) is 5.75 Å². The molecular weight excluding hydrogens is 411 g/mol. The predicted octanol–water partition coefficient (Wildman–Crippen LogP) is 3.29. The molecule has 1 aliphatic heterocycles. The van der Waals surface area contributed by atoms with Crippen molar-refractivity contribution in [1.82, 2.24) is 20.2 Å². The largest absolute Gasteiger partial charge is 0.494 e. The third-order valence-corrected chi connectivity index (χ3v) is 5.34. The van der Waals surface area contributed by atoms with Crippen LogP contribution in [0.1, 0.15) is 23.8 Å². The number of fused-ring (bicyclic) bond motifs is 1. The number of aromatic nitrogens is 2. The number of rotatable bonds is 8. The minimum absolute atomic E-state index is 0.241. The molecule has 1 amide bonds. The number of morpholine rings is 1. The minimum Gasteiger partial charge on any atom is -0.494 e. The molecule has 32 heavy (non-hydrogen) atoms. The van der Waals surface area contributed by atoms with Crippen LogP contribution < -0.4 is 10.1 Å². The van der Waals surface area contributed by atoms with Crippen molar-refractivity contribution in [3.05, 3.63) is 54.0 Å². The van der Waals surface area contributed by atoms with E-state index in [4.69, 9.17) is 9.47 Å². The third-order valence-electron chi connectivity index (χ3n) is 5.34. The van der Waals surface area contributed by atoms with Gasteiger partial charge in [0.15, 0.2) is 5.82 Å². The van der Waals surface area contributed by atoms with E-state index in [1.165, 1.54) is 12.1 Å². The lowest BCUT2D eigenvalue weighted by atomic mass is 10.1. The van der Waals surface area contributed by atoms with Gasteiger partial charge in [-0.25, -0.2) is 14.4 Å². The Kier molecular flexibility index (Phi) is 7.24. The van der Waals surface area contributed by atoms with Crippen LogP contribution in [-0.2, 0) is 4.74 Å². The lowest BCUT2D eigenvalue weighted by Crippen LogP contribution is -2.38. The predicted molar refractivity (Wildman–Crippen MR) is 120 cm³/mol. The third kappa shape index (κ3) is 5.38. The highest BCUT2D eigenvalue weighted by Gasteiger charge is 2.17. The van der Waals surface area contributed by atoms with E-state index >= 15 is 0 Å². The Morgan fingerprint density at radius 1 is 1.16 bits per heavy atom. The fourth-order valence-electron chi connectivity index (χ4n) is 3.68. The van der Waals surface area contributed by atoms with Gasteiger partial charge in [0.2, 0.25) is 0 Å². The second-order valence-electron chi connectivity index (χ2n) is 7.58. The fraction of sp³-hybridized carbons (Fsp3) is 0.375. The number of nitrogens with zero attached hydrogens (tertiary/aromatic N) is 3. The molecule has 1 fully saturated rings. The van der Waals surface area contributed by atoms with Gasteiger partial charge in [-0.05, 0) is 56.3 Å². The normalized spacial score (nSPS) is 14.4. The molecule has 0 saturated carbocycles. The van der Waals surface area contributed by atoms with E-state index < -0.39 is 5.82 Å². The topological polar surface area (TPSA) is 76.6 Å². The molecule has 2 heterocycles. The molecule has 0 spiro atoms. The average Bonchev–Trinajstić information content (AvgIpc) is 2.82. The first-order valence-electron chi connectivity index (χ1n) is 10.9. The number of hydrogen-bond donors (Lipinski definition) is 1. The summed E-state index contributed by atoms with van der Waals surface area (Å²) in [6.07, 6.45) is 0.829. The zero-order valence-corrected chi connectivity index (χ0v) is 18.1. The maximum absolute atomic E-state index is 13.9. The standard InChI is InChI=1S/C24H27FN4O3/c1-2-32-19-7-4-17(5-8-19)23-27-21-16-18(25)6-9-20(21)22(28-23)24(30)26-10-3-11-29-12-14-31-15-13-29/h4-9,16H,2-3,10-15H2,1H3,(H,26,30). The summed E-state index contributed by atoms with van der Waals surface area (Å²) in [6.45, 7) is 7.26. The lowest BCUT2D eigenvalue weighted by molar-refractivity contribution is 0.0374. The van der Waals surface area contributed by atoms with Crippen LogP contribution in [0.25, 0.3) is 22.3 Å². The maximum atomic E-state index is 13.9. The van der Waals surface area contributed by atoms with Crippen molar-refractivity contribution in [2.45, 2.75) is 13.3 Å². The summed E-state index contributed by atoms with van der Waals surface area (Å²) in [4.78, 5) is 24.3. The number of hydrogen-bond acceptors (Lipinski definition) is 6. The van der Waals surface area contributed by atoms with Crippen LogP contribution in [0.2, 0.25) is 0 Å². The molecule has 0 atom stereocenters. The van der Waals surface area contributed by atoms with Gasteiger partial charge < -0.3 is 14.8 Å². The molecule has 1 saturated heterocycles. The van der Waals surface area contributed by atoms with Crippen LogP contribution >= 0.6 is 0 Å². The van der Waals surface area contributed by atoms with Crippen LogP contribution in [0.15, 0.2) is 42.5 Å². The number of carbonyl (C=O) groups is 1. The Hall–Kier alpha value is -3.10. The molecule has 4 rings (SSSR count). The molecule has 168 valence electrons. The minimum atomic E-state index is -0.411. The molecule has 3 aromatic rings. The summed E-state index contributed by atoms with van der Waals surface area (Å²) in [5.41, 5.74) is 1.36. The van der Waals surface area contributed by atoms with E-state index in [0.29, 0.717) is 29.9 Å². The van der Waals surface area contributed by atoms with Gasteiger partial charge in [-0.1, -0.05) is 0 Å². The van der Waals surface area contributed by atoms with Crippen molar-refractivity contribution < 1.29 is 18.7 Å². The molecule has 7 nitrogen and oxygen atoms in total. The average molecular weight is 439 g/mol.